The number of carbonyl (C=O) groups excluding carboxylic acids is 1. The fourth-order valence-electron chi connectivity index (χ4n) is 2.82. The summed E-state index contributed by atoms with van der Waals surface area (Å²) in [5, 5.41) is 3.06. The van der Waals surface area contributed by atoms with Gasteiger partial charge in [-0.3, -0.25) is 4.79 Å². The van der Waals surface area contributed by atoms with Crippen LogP contribution >= 0.6 is 0 Å². The zero-order valence-corrected chi connectivity index (χ0v) is 15.0. The number of nitrogens with one attached hydrogen (secondary N) is 1. The number of hydrogen-bond donors (Lipinski definition) is 1. The topological polar surface area (TPSA) is 65.4 Å². The standard InChI is InChI=1S/C20H21N3O3/c1-23-12-11-21-19(23)18(16-9-4-5-10-17(16)26-3)22-20(24)14-7-6-8-15(13-14)25-2/h4-13,18H,1-3H3,(H,22,24). The normalized spacial score (nSPS) is 11.7. The first-order chi connectivity index (χ1) is 12.6. The van der Waals surface area contributed by atoms with Crippen molar-refractivity contribution in [1.29, 1.82) is 0 Å². The first kappa shape index (κ1) is 17.5. The van der Waals surface area contributed by atoms with E-state index in [2.05, 4.69) is 10.3 Å². The summed E-state index contributed by atoms with van der Waals surface area (Å²) >= 11 is 0. The van der Waals surface area contributed by atoms with Gasteiger partial charge in [-0.1, -0.05) is 24.3 Å². The molecule has 1 aromatic heterocycles. The highest BCUT2D eigenvalue weighted by atomic mass is 16.5. The highest BCUT2D eigenvalue weighted by Gasteiger charge is 2.24. The molecule has 1 unspecified atom stereocenters. The van der Waals surface area contributed by atoms with Crippen molar-refractivity contribution in [3.63, 3.8) is 0 Å². The third-order valence-electron chi connectivity index (χ3n) is 4.17. The molecule has 1 atom stereocenters. The van der Waals surface area contributed by atoms with E-state index in [1.54, 1.807) is 44.7 Å². The molecule has 26 heavy (non-hydrogen) atoms. The number of hydrogen-bond acceptors (Lipinski definition) is 4. The number of benzene rings is 2. The van der Waals surface area contributed by atoms with Crippen molar-refractivity contribution >= 4 is 5.91 Å². The Morgan fingerprint density at radius 1 is 1.12 bits per heavy atom. The molecule has 6 nitrogen and oxygen atoms in total. The van der Waals surface area contributed by atoms with Gasteiger partial charge in [-0.05, 0) is 24.3 Å². The maximum atomic E-state index is 12.9. The van der Waals surface area contributed by atoms with Crippen molar-refractivity contribution < 1.29 is 14.3 Å². The molecule has 0 aliphatic rings. The van der Waals surface area contributed by atoms with Gasteiger partial charge in [0.25, 0.3) is 5.91 Å². The van der Waals surface area contributed by atoms with Gasteiger partial charge in [0.1, 0.15) is 23.4 Å². The van der Waals surface area contributed by atoms with Gasteiger partial charge in [-0.2, -0.15) is 0 Å². The lowest BCUT2D eigenvalue weighted by Crippen LogP contribution is -2.31. The average Bonchev–Trinajstić information content (AvgIpc) is 3.11. The molecule has 1 heterocycles. The summed E-state index contributed by atoms with van der Waals surface area (Å²) in [5.41, 5.74) is 1.35. The lowest BCUT2D eigenvalue weighted by molar-refractivity contribution is 0.0940. The highest BCUT2D eigenvalue weighted by Crippen LogP contribution is 2.29. The second kappa shape index (κ2) is 7.74. The summed E-state index contributed by atoms with van der Waals surface area (Å²) in [6.07, 6.45) is 3.55. The Balaban J connectivity index is 1.99. The van der Waals surface area contributed by atoms with Crippen molar-refractivity contribution in [2.75, 3.05) is 14.2 Å². The minimum absolute atomic E-state index is 0.220. The zero-order valence-electron chi connectivity index (χ0n) is 15.0. The molecule has 3 aromatic rings. The van der Waals surface area contributed by atoms with Crippen LogP contribution in [-0.4, -0.2) is 29.7 Å². The summed E-state index contributed by atoms with van der Waals surface area (Å²) in [4.78, 5) is 17.3. The van der Waals surface area contributed by atoms with E-state index in [4.69, 9.17) is 9.47 Å². The monoisotopic (exact) mass is 351 g/mol. The molecule has 6 heteroatoms. The third kappa shape index (κ3) is 3.54. The SMILES string of the molecule is COc1cccc(C(=O)NC(c2ccccc2OC)c2nccn2C)c1. The number of carbonyl (C=O) groups is 1. The maximum absolute atomic E-state index is 12.9. The Bertz CT molecular complexity index is 905. The van der Waals surface area contributed by atoms with Crippen LogP contribution in [0.15, 0.2) is 60.9 Å². The number of para-hydroxylation sites is 1. The van der Waals surface area contributed by atoms with E-state index in [1.165, 1.54) is 0 Å². The molecule has 0 aliphatic carbocycles. The molecular formula is C20H21N3O3. The lowest BCUT2D eigenvalue weighted by atomic mass is 10.0. The third-order valence-corrected chi connectivity index (χ3v) is 4.17. The second-order valence-corrected chi connectivity index (χ2v) is 5.78. The Labute approximate surface area is 152 Å². The van der Waals surface area contributed by atoms with Gasteiger partial charge in [-0.15, -0.1) is 0 Å². The van der Waals surface area contributed by atoms with Gasteiger partial charge in [0.2, 0.25) is 0 Å². The molecule has 3 rings (SSSR count). The van der Waals surface area contributed by atoms with Crippen molar-refractivity contribution in [2.24, 2.45) is 7.05 Å². The summed E-state index contributed by atoms with van der Waals surface area (Å²) in [6, 6.07) is 14.2. The fourth-order valence-corrected chi connectivity index (χ4v) is 2.82. The number of imidazole rings is 1. The number of aromatic nitrogens is 2. The van der Waals surface area contributed by atoms with Gasteiger partial charge in [0.05, 0.1) is 14.2 Å². The van der Waals surface area contributed by atoms with E-state index in [-0.39, 0.29) is 5.91 Å². The van der Waals surface area contributed by atoms with Crippen LogP contribution in [0.2, 0.25) is 0 Å². The van der Waals surface area contributed by atoms with Crippen LogP contribution in [0.25, 0.3) is 0 Å². The van der Waals surface area contributed by atoms with Crippen molar-refractivity contribution in [3.05, 3.63) is 77.9 Å². The first-order valence-electron chi connectivity index (χ1n) is 8.19. The highest BCUT2D eigenvalue weighted by molar-refractivity contribution is 5.95. The van der Waals surface area contributed by atoms with Crippen LogP contribution in [0.1, 0.15) is 27.8 Å². The van der Waals surface area contributed by atoms with E-state index in [1.807, 2.05) is 42.1 Å². The lowest BCUT2D eigenvalue weighted by Gasteiger charge is -2.21. The molecule has 0 fully saturated rings. The molecule has 0 aliphatic heterocycles. The molecule has 134 valence electrons. The molecule has 0 spiro atoms. The molecule has 0 bridgehead atoms. The largest absolute Gasteiger partial charge is 0.497 e. The molecule has 0 saturated carbocycles. The van der Waals surface area contributed by atoms with Crippen LogP contribution in [0, 0.1) is 0 Å². The maximum Gasteiger partial charge on any atom is 0.252 e. The van der Waals surface area contributed by atoms with Crippen molar-refractivity contribution in [3.8, 4) is 11.5 Å². The van der Waals surface area contributed by atoms with Crippen LogP contribution < -0.4 is 14.8 Å². The fraction of sp³-hybridized carbons (Fsp3) is 0.200. The van der Waals surface area contributed by atoms with Crippen LogP contribution in [0.3, 0.4) is 0 Å². The minimum atomic E-state index is -0.454. The smallest absolute Gasteiger partial charge is 0.252 e. The van der Waals surface area contributed by atoms with E-state index in [9.17, 15) is 4.79 Å². The predicted octanol–water partition coefficient (Wildman–Crippen LogP) is 2.96. The Hall–Kier alpha value is -3.28. The van der Waals surface area contributed by atoms with Crippen LogP contribution in [-0.2, 0) is 7.05 Å². The van der Waals surface area contributed by atoms with Gasteiger partial charge < -0.3 is 19.4 Å². The number of aryl methyl sites for hydroxylation is 1. The Kier molecular flexibility index (Phi) is 5.22. The summed E-state index contributed by atoms with van der Waals surface area (Å²) in [6.45, 7) is 0. The number of amides is 1. The average molecular weight is 351 g/mol. The summed E-state index contributed by atoms with van der Waals surface area (Å²) in [7, 11) is 5.07. The van der Waals surface area contributed by atoms with E-state index in [0.717, 1.165) is 5.56 Å². The number of rotatable bonds is 6. The molecule has 1 N–H and O–H groups in total. The summed E-state index contributed by atoms with van der Waals surface area (Å²) < 4.78 is 12.6. The van der Waals surface area contributed by atoms with Crippen molar-refractivity contribution in [2.45, 2.75) is 6.04 Å². The van der Waals surface area contributed by atoms with E-state index < -0.39 is 6.04 Å². The number of methoxy groups -OCH3 is 2. The van der Waals surface area contributed by atoms with Gasteiger partial charge in [0.15, 0.2) is 0 Å². The number of ether oxygens (including phenoxy) is 2. The number of nitrogens with zero attached hydrogens (tertiary/aromatic N) is 2. The molecule has 0 radical (unpaired) electrons. The molecule has 2 aromatic carbocycles. The minimum Gasteiger partial charge on any atom is -0.497 e. The van der Waals surface area contributed by atoms with Gasteiger partial charge >= 0.3 is 0 Å². The van der Waals surface area contributed by atoms with Gasteiger partial charge in [0, 0.05) is 30.6 Å². The summed E-state index contributed by atoms with van der Waals surface area (Å²) in [5.74, 6) is 1.81. The van der Waals surface area contributed by atoms with Crippen LogP contribution in [0.4, 0.5) is 0 Å². The van der Waals surface area contributed by atoms with E-state index >= 15 is 0 Å². The van der Waals surface area contributed by atoms with Crippen molar-refractivity contribution in [1.82, 2.24) is 14.9 Å². The molecule has 0 saturated heterocycles. The zero-order chi connectivity index (χ0) is 18.5. The second-order valence-electron chi connectivity index (χ2n) is 5.78. The van der Waals surface area contributed by atoms with Gasteiger partial charge in [-0.25, -0.2) is 4.98 Å². The molecule has 1 amide bonds. The van der Waals surface area contributed by atoms with Crippen LogP contribution in [0.5, 0.6) is 11.5 Å². The van der Waals surface area contributed by atoms with E-state index in [0.29, 0.717) is 22.9 Å². The quantitative estimate of drug-likeness (QED) is 0.741. The predicted molar refractivity (Wildman–Crippen MR) is 98.5 cm³/mol. The first-order valence-corrected chi connectivity index (χ1v) is 8.19. The Morgan fingerprint density at radius 2 is 1.92 bits per heavy atom. The molecular weight excluding hydrogens is 330 g/mol. The Morgan fingerprint density at radius 3 is 2.62 bits per heavy atom.